The lowest BCUT2D eigenvalue weighted by molar-refractivity contribution is 0.0115. The molecule has 1 aromatic carbocycles. The van der Waals surface area contributed by atoms with Gasteiger partial charge >= 0.3 is 0 Å². The standard InChI is InChI=1S/C18H23FN2O2/c1-14-5-6-18(23-14)17(21-7-9-22-10-8-21)13-20-12-15-3-2-4-16(19)11-15/h2-6,11,17,20H,7-10,12-13H2,1H3. The van der Waals surface area contributed by atoms with E-state index in [0.717, 1.165) is 49.9 Å². The number of ether oxygens (including phenoxy) is 1. The molecule has 5 heteroatoms. The van der Waals surface area contributed by atoms with Gasteiger partial charge in [-0.05, 0) is 36.8 Å². The van der Waals surface area contributed by atoms with Crippen molar-refractivity contribution < 1.29 is 13.5 Å². The summed E-state index contributed by atoms with van der Waals surface area (Å²) >= 11 is 0. The van der Waals surface area contributed by atoms with Crippen molar-refractivity contribution in [3.05, 3.63) is 59.3 Å². The largest absolute Gasteiger partial charge is 0.465 e. The molecule has 0 bridgehead atoms. The fourth-order valence-electron chi connectivity index (χ4n) is 2.93. The summed E-state index contributed by atoms with van der Waals surface area (Å²) in [6.45, 7) is 6.64. The number of nitrogens with one attached hydrogen (secondary N) is 1. The van der Waals surface area contributed by atoms with Crippen LogP contribution in [0.2, 0.25) is 0 Å². The Morgan fingerprint density at radius 1 is 1.22 bits per heavy atom. The van der Waals surface area contributed by atoms with Gasteiger partial charge in [0.1, 0.15) is 17.3 Å². The molecule has 1 N–H and O–H groups in total. The molecule has 1 fully saturated rings. The molecule has 4 nitrogen and oxygen atoms in total. The number of hydrogen-bond donors (Lipinski definition) is 1. The predicted octanol–water partition coefficient (Wildman–Crippen LogP) is 2.89. The normalized spacial score (nSPS) is 17.3. The van der Waals surface area contributed by atoms with Crippen molar-refractivity contribution in [2.45, 2.75) is 19.5 Å². The van der Waals surface area contributed by atoms with Crippen molar-refractivity contribution in [1.82, 2.24) is 10.2 Å². The van der Waals surface area contributed by atoms with Gasteiger partial charge in [0.05, 0.1) is 19.3 Å². The van der Waals surface area contributed by atoms with E-state index in [1.807, 2.05) is 25.1 Å². The third-order valence-corrected chi connectivity index (χ3v) is 4.13. The van der Waals surface area contributed by atoms with Crippen molar-refractivity contribution in [3.63, 3.8) is 0 Å². The fourth-order valence-corrected chi connectivity index (χ4v) is 2.93. The molecule has 0 spiro atoms. The maximum Gasteiger partial charge on any atom is 0.123 e. The number of hydrogen-bond acceptors (Lipinski definition) is 4. The highest BCUT2D eigenvalue weighted by Gasteiger charge is 2.24. The van der Waals surface area contributed by atoms with E-state index in [4.69, 9.17) is 9.15 Å². The highest BCUT2D eigenvalue weighted by atomic mass is 19.1. The van der Waals surface area contributed by atoms with E-state index in [9.17, 15) is 4.39 Å². The van der Waals surface area contributed by atoms with E-state index in [0.29, 0.717) is 6.54 Å². The SMILES string of the molecule is Cc1ccc(C(CNCc2cccc(F)c2)N2CCOCC2)o1. The zero-order valence-electron chi connectivity index (χ0n) is 13.4. The lowest BCUT2D eigenvalue weighted by atomic mass is 10.1. The first-order chi connectivity index (χ1) is 11.2. The molecule has 3 rings (SSSR count). The van der Waals surface area contributed by atoms with Crippen LogP contribution >= 0.6 is 0 Å². The van der Waals surface area contributed by atoms with Crippen LogP contribution in [0, 0.1) is 12.7 Å². The van der Waals surface area contributed by atoms with Crippen molar-refractivity contribution in [2.24, 2.45) is 0 Å². The Kier molecular flexibility index (Phi) is 5.43. The number of furan rings is 1. The maximum absolute atomic E-state index is 13.2. The van der Waals surface area contributed by atoms with Crippen LogP contribution < -0.4 is 5.32 Å². The lowest BCUT2D eigenvalue weighted by Gasteiger charge is -2.33. The van der Waals surface area contributed by atoms with E-state index < -0.39 is 0 Å². The van der Waals surface area contributed by atoms with Crippen molar-refractivity contribution in [2.75, 3.05) is 32.8 Å². The molecule has 2 aromatic rings. The molecule has 0 amide bonds. The topological polar surface area (TPSA) is 37.6 Å². The number of rotatable bonds is 6. The minimum atomic E-state index is -0.198. The first kappa shape index (κ1) is 16.2. The summed E-state index contributed by atoms with van der Waals surface area (Å²) in [7, 11) is 0. The second-order valence-corrected chi connectivity index (χ2v) is 5.87. The molecule has 1 saturated heterocycles. The molecule has 0 radical (unpaired) electrons. The molecule has 23 heavy (non-hydrogen) atoms. The van der Waals surface area contributed by atoms with Gasteiger partial charge in [-0.3, -0.25) is 4.90 Å². The maximum atomic E-state index is 13.2. The lowest BCUT2D eigenvalue weighted by Crippen LogP contribution is -2.42. The molecule has 1 aromatic heterocycles. The van der Waals surface area contributed by atoms with E-state index in [1.54, 1.807) is 12.1 Å². The van der Waals surface area contributed by atoms with E-state index in [2.05, 4.69) is 10.2 Å². The minimum Gasteiger partial charge on any atom is -0.465 e. The van der Waals surface area contributed by atoms with Crippen LogP contribution in [-0.2, 0) is 11.3 Å². The molecule has 1 atom stereocenters. The number of morpholine rings is 1. The van der Waals surface area contributed by atoms with Gasteiger partial charge in [-0.25, -0.2) is 4.39 Å². The molecule has 1 aliphatic rings. The van der Waals surface area contributed by atoms with Crippen LogP contribution in [0.4, 0.5) is 4.39 Å². The summed E-state index contributed by atoms with van der Waals surface area (Å²) in [5.41, 5.74) is 0.946. The number of nitrogens with zero attached hydrogens (tertiary/aromatic N) is 1. The summed E-state index contributed by atoms with van der Waals surface area (Å²) in [4.78, 5) is 2.38. The van der Waals surface area contributed by atoms with Crippen LogP contribution in [-0.4, -0.2) is 37.7 Å². The Balaban J connectivity index is 1.63. The van der Waals surface area contributed by atoms with Crippen molar-refractivity contribution >= 4 is 0 Å². The van der Waals surface area contributed by atoms with Crippen LogP contribution in [0.1, 0.15) is 23.1 Å². The fraction of sp³-hybridized carbons (Fsp3) is 0.444. The average molecular weight is 318 g/mol. The van der Waals surface area contributed by atoms with Gasteiger partial charge in [0.25, 0.3) is 0 Å². The molecular weight excluding hydrogens is 295 g/mol. The smallest absolute Gasteiger partial charge is 0.123 e. The summed E-state index contributed by atoms with van der Waals surface area (Å²) in [6, 6.07) is 10.9. The second-order valence-electron chi connectivity index (χ2n) is 5.87. The first-order valence-corrected chi connectivity index (χ1v) is 8.05. The Labute approximate surface area is 136 Å². The predicted molar refractivity (Wildman–Crippen MR) is 86.7 cm³/mol. The Morgan fingerprint density at radius 2 is 2.04 bits per heavy atom. The molecule has 1 aliphatic heterocycles. The molecule has 0 saturated carbocycles. The zero-order valence-corrected chi connectivity index (χ0v) is 13.4. The van der Waals surface area contributed by atoms with Gasteiger partial charge in [-0.2, -0.15) is 0 Å². The number of aryl methyl sites for hydroxylation is 1. The molecule has 124 valence electrons. The van der Waals surface area contributed by atoms with E-state index in [-0.39, 0.29) is 11.9 Å². The summed E-state index contributed by atoms with van der Waals surface area (Å²) in [6.07, 6.45) is 0. The second kappa shape index (κ2) is 7.73. The van der Waals surface area contributed by atoms with Crippen LogP contribution in [0.3, 0.4) is 0 Å². The monoisotopic (exact) mass is 318 g/mol. The number of halogens is 1. The van der Waals surface area contributed by atoms with E-state index in [1.165, 1.54) is 6.07 Å². The van der Waals surface area contributed by atoms with Gasteiger partial charge in [0, 0.05) is 26.2 Å². The van der Waals surface area contributed by atoms with Crippen molar-refractivity contribution in [3.8, 4) is 0 Å². The quantitative estimate of drug-likeness (QED) is 0.889. The van der Waals surface area contributed by atoms with Crippen LogP contribution in [0.25, 0.3) is 0 Å². The van der Waals surface area contributed by atoms with Gasteiger partial charge < -0.3 is 14.5 Å². The molecular formula is C18H23FN2O2. The van der Waals surface area contributed by atoms with Gasteiger partial charge in [0.15, 0.2) is 0 Å². The highest BCUT2D eigenvalue weighted by Crippen LogP contribution is 2.23. The number of benzene rings is 1. The van der Waals surface area contributed by atoms with Gasteiger partial charge in [0.2, 0.25) is 0 Å². The third-order valence-electron chi connectivity index (χ3n) is 4.13. The summed E-state index contributed by atoms with van der Waals surface area (Å²) < 4.78 is 24.5. The third kappa shape index (κ3) is 4.41. The molecule has 1 unspecified atom stereocenters. The van der Waals surface area contributed by atoms with Crippen molar-refractivity contribution in [1.29, 1.82) is 0 Å². The summed E-state index contributed by atoms with van der Waals surface area (Å²) in [5.74, 6) is 1.69. The minimum absolute atomic E-state index is 0.168. The van der Waals surface area contributed by atoms with Crippen LogP contribution in [0.15, 0.2) is 40.8 Å². The first-order valence-electron chi connectivity index (χ1n) is 8.05. The van der Waals surface area contributed by atoms with E-state index >= 15 is 0 Å². The van der Waals surface area contributed by atoms with Crippen LogP contribution in [0.5, 0.6) is 0 Å². The van der Waals surface area contributed by atoms with Gasteiger partial charge in [-0.1, -0.05) is 12.1 Å². The molecule has 2 heterocycles. The molecule has 0 aliphatic carbocycles. The Hall–Kier alpha value is -1.69. The average Bonchev–Trinajstić information content (AvgIpc) is 2.99. The summed E-state index contributed by atoms with van der Waals surface area (Å²) in [5, 5.41) is 3.42. The Morgan fingerprint density at radius 3 is 2.74 bits per heavy atom. The zero-order chi connectivity index (χ0) is 16.1. The Bertz CT molecular complexity index is 623. The highest BCUT2D eigenvalue weighted by molar-refractivity contribution is 5.16. The van der Waals surface area contributed by atoms with Gasteiger partial charge in [-0.15, -0.1) is 0 Å².